The van der Waals surface area contributed by atoms with E-state index in [0.717, 1.165) is 24.7 Å². The van der Waals surface area contributed by atoms with Crippen LogP contribution in [0, 0.1) is 10.8 Å². The number of rotatable bonds is 4. The molecule has 1 aromatic heterocycles. The Labute approximate surface area is 102 Å². The van der Waals surface area contributed by atoms with Crippen LogP contribution in [0.15, 0.2) is 4.52 Å². The number of hydrogen-bond acceptors (Lipinski definition) is 4. The fourth-order valence-corrected chi connectivity index (χ4v) is 2.84. The summed E-state index contributed by atoms with van der Waals surface area (Å²) in [5.74, 6) is 2.18. The molecule has 4 nitrogen and oxygen atoms in total. The van der Waals surface area contributed by atoms with Crippen molar-refractivity contribution in [3.8, 4) is 0 Å². The number of nitrogens with two attached hydrogens (primary N) is 1. The molecular weight excluding hydrogens is 214 g/mol. The molecule has 0 bridgehead atoms. The average Bonchev–Trinajstić information content (AvgIpc) is 2.70. The predicted octanol–water partition coefficient (Wildman–Crippen LogP) is 2.25. The summed E-state index contributed by atoms with van der Waals surface area (Å²) < 4.78 is 5.38. The zero-order chi connectivity index (χ0) is 12.1. The molecule has 1 unspecified atom stereocenters. The number of nitrogens with zero attached hydrogens (tertiary/aromatic N) is 2. The molecule has 1 aromatic rings. The molecule has 0 radical (unpaired) electrons. The Kier molecular flexibility index (Phi) is 2.34. The molecule has 1 heterocycles. The van der Waals surface area contributed by atoms with Crippen LogP contribution in [-0.4, -0.2) is 16.7 Å². The molecule has 0 saturated heterocycles. The summed E-state index contributed by atoms with van der Waals surface area (Å²) in [6.07, 6.45) is 5.73. The van der Waals surface area contributed by atoms with Gasteiger partial charge in [0.15, 0.2) is 5.82 Å². The fourth-order valence-electron chi connectivity index (χ4n) is 2.84. The fraction of sp³-hybridized carbons (Fsp3) is 0.846. The van der Waals surface area contributed by atoms with E-state index in [1.165, 1.54) is 25.7 Å². The molecule has 0 spiro atoms. The van der Waals surface area contributed by atoms with Crippen LogP contribution in [0.3, 0.4) is 0 Å². The third-order valence-corrected chi connectivity index (χ3v) is 4.68. The molecule has 17 heavy (non-hydrogen) atoms. The van der Waals surface area contributed by atoms with Crippen LogP contribution < -0.4 is 5.73 Å². The van der Waals surface area contributed by atoms with Crippen molar-refractivity contribution in [3.05, 3.63) is 11.7 Å². The molecule has 2 N–H and O–H groups in total. The maximum Gasteiger partial charge on any atom is 0.227 e. The summed E-state index contributed by atoms with van der Waals surface area (Å²) in [6.45, 7) is 5.24. The molecule has 2 fully saturated rings. The van der Waals surface area contributed by atoms with Gasteiger partial charge in [0.25, 0.3) is 0 Å². The van der Waals surface area contributed by atoms with Crippen molar-refractivity contribution in [1.29, 1.82) is 0 Å². The molecule has 94 valence electrons. The highest BCUT2D eigenvalue weighted by molar-refractivity contribution is 5.14. The van der Waals surface area contributed by atoms with Crippen molar-refractivity contribution >= 4 is 0 Å². The molecular formula is C13H21N3O. The summed E-state index contributed by atoms with van der Waals surface area (Å²) in [4.78, 5) is 4.55. The summed E-state index contributed by atoms with van der Waals surface area (Å²) in [5, 5.41) is 4.12. The Balaban J connectivity index is 1.69. The second-order valence-electron chi connectivity index (χ2n) is 6.53. The van der Waals surface area contributed by atoms with Gasteiger partial charge in [-0.1, -0.05) is 25.4 Å². The first-order chi connectivity index (χ1) is 8.05. The Morgan fingerprint density at radius 2 is 2.12 bits per heavy atom. The normalized spacial score (nSPS) is 28.8. The molecule has 0 aromatic carbocycles. The third-order valence-electron chi connectivity index (χ3n) is 4.68. The van der Waals surface area contributed by atoms with E-state index in [4.69, 9.17) is 10.3 Å². The van der Waals surface area contributed by atoms with Crippen LogP contribution in [0.5, 0.6) is 0 Å². The topological polar surface area (TPSA) is 64.9 Å². The second kappa shape index (κ2) is 3.55. The maximum absolute atomic E-state index is 5.85. The highest BCUT2D eigenvalue weighted by Gasteiger charge is 2.49. The number of hydrogen-bond donors (Lipinski definition) is 1. The average molecular weight is 235 g/mol. The molecule has 2 aliphatic carbocycles. The van der Waals surface area contributed by atoms with Crippen molar-refractivity contribution in [2.24, 2.45) is 16.6 Å². The van der Waals surface area contributed by atoms with Crippen LogP contribution in [-0.2, 0) is 6.42 Å². The summed E-state index contributed by atoms with van der Waals surface area (Å²) in [7, 11) is 0. The first kappa shape index (κ1) is 11.2. The maximum atomic E-state index is 5.85. The second-order valence-corrected chi connectivity index (χ2v) is 6.53. The van der Waals surface area contributed by atoms with Crippen LogP contribution in [0.25, 0.3) is 0 Å². The Bertz CT molecular complexity index is 415. The van der Waals surface area contributed by atoms with Gasteiger partial charge < -0.3 is 10.3 Å². The SMILES string of the molecule is CC1(C)CC1c1noc(CC2(CN)CCC2)n1. The molecule has 4 heteroatoms. The van der Waals surface area contributed by atoms with Gasteiger partial charge in [0.1, 0.15) is 0 Å². The smallest absolute Gasteiger partial charge is 0.227 e. The van der Waals surface area contributed by atoms with Gasteiger partial charge in [0.05, 0.1) is 0 Å². The molecule has 0 aliphatic heterocycles. The lowest BCUT2D eigenvalue weighted by atomic mass is 9.67. The Hall–Kier alpha value is -0.900. The highest BCUT2D eigenvalue weighted by Crippen LogP contribution is 2.57. The summed E-state index contributed by atoms with van der Waals surface area (Å²) in [5.41, 5.74) is 6.47. The Morgan fingerprint density at radius 3 is 2.59 bits per heavy atom. The minimum atomic E-state index is 0.253. The van der Waals surface area contributed by atoms with Crippen LogP contribution >= 0.6 is 0 Å². The van der Waals surface area contributed by atoms with Gasteiger partial charge in [-0.15, -0.1) is 0 Å². The molecule has 0 amide bonds. The standard InChI is InChI=1S/C13H21N3O/c1-12(2)6-9(12)11-15-10(17-16-11)7-13(8-14)4-3-5-13/h9H,3-8,14H2,1-2H3. The third kappa shape index (κ3) is 1.88. The minimum absolute atomic E-state index is 0.253. The monoisotopic (exact) mass is 235 g/mol. The Morgan fingerprint density at radius 1 is 1.41 bits per heavy atom. The van der Waals surface area contributed by atoms with E-state index in [9.17, 15) is 0 Å². The van der Waals surface area contributed by atoms with Gasteiger partial charge in [-0.25, -0.2) is 0 Å². The summed E-state index contributed by atoms with van der Waals surface area (Å²) in [6, 6.07) is 0. The predicted molar refractivity (Wildman–Crippen MR) is 64.5 cm³/mol. The largest absolute Gasteiger partial charge is 0.339 e. The molecule has 1 atom stereocenters. The summed E-state index contributed by atoms with van der Waals surface area (Å²) >= 11 is 0. The van der Waals surface area contributed by atoms with Gasteiger partial charge in [-0.2, -0.15) is 4.98 Å². The van der Waals surface area contributed by atoms with Crippen molar-refractivity contribution in [2.45, 2.75) is 51.9 Å². The van der Waals surface area contributed by atoms with E-state index >= 15 is 0 Å². The van der Waals surface area contributed by atoms with Crippen molar-refractivity contribution in [1.82, 2.24) is 10.1 Å². The minimum Gasteiger partial charge on any atom is -0.339 e. The zero-order valence-corrected chi connectivity index (χ0v) is 10.7. The lowest BCUT2D eigenvalue weighted by Gasteiger charge is -2.39. The molecule has 2 aliphatic rings. The molecule has 2 saturated carbocycles. The van der Waals surface area contributed by atoms with Crippen LogP contribution in [0.1, 0.15) is 57.2 Å². The van der Waals surface area contributed by atoms with Gasteiger partial charge in [-0.05, 0) is 36.6 Å². The first-order valence-corrected chi connectivity index (χ1v) is 6.57. The van der Waals surface area contributed by atoms with Gasteiger partial charge in [-0.3, -0.25) is 0 Å². The van der Waals surface area contributed by atoms with Gasteiger partial charge >= 0.3 is 0 Å². The quantitative estimate of drug-likeness (QED) is 0.869. The van der Waals surface area contributed by atoms with Crippen LogP contribution in [0.4, 0.5) is 0 Å². The van der Waals surface area contributed by atoms with Crippen molar-refractivity contribution in [2.75, 3.05) is 6.54 Å². The highest BCUT2D eigenvalue weighted by atomic mass is 16.5. The van der Waals surface area contributed by atoms with Crippen LogP contribution in [0.2, 0.25) is 0 Å². The van der Waals surface area contributed by atoms with Crippen molar-refractivity contribution < 1.29 is 4.52 Å². The van der Waals surface area contributed by atoms with E-state index in [2.05, 4.69) is 24.0 Å². The van der Waals surface area contributed by atoms with Gasteiger partial charge in [0.2, 0.25) is 5.89 Å². The van der Waals surface area contributed by atoms with Crippen molar-refractivity contribution in [3.63, 3.8) is 0 Å². The van der Waals surface area contributed by atoms with E-state index in [-0.39, 0.29) is 5.41 Å². The van der Waals surface area contributed by atoms with E-state index < -0.39 is 0 Å². The van der Waals surface area contributed by atoms with E-state index in [0.29, 0.717) is 11.3 Å². The molecule has 3 rings (SSSR count). The van der Waals surface area contributed by atoms with E-state index in [1.807, 2.05) is 0 Å². The lowest BCUT2D eigenvalue weighted by Crippen LogP contribution is -2.39. The van der Waals surface area contributed by atoms with E-state index in [1.54, 1.807) is 0 Å². The number of aromatic nitrogens is 2. The lowest BCUT2D eigenvalue weighted by molar-refractivity contribution is 0.129. The first-order valence-electron chi connectivity index (χ1n) is 6.57. The van der Waals surface area contributed by atoms with Gasteiger partial charge in [0, 0.05) is 12.3 Å². The zero-order valence-electron chi connectivity index (χ0n) is 10.7.